The van der Waals surface area contributed by atoms with Crippen molar-refractivity contribution >= 4 is 0 Å². The lowest BCUT2D eigenvalue weighted by atomic mass is 10.2. The van der Waals surface area contributed by atoms with Gasteiger partial charge in [0.25, 0.3) is 0 Å². The summed E-state index contributed by atoms with van der Waals surface area (Å²) in [5.74, 6) is 0. The zero-order valence-corrected chi connectivity index (χ0v) is 8.55. The largest absolute Gasteiger partial charge is 0.306 e. The summed E-state index contributed by atoms with van der Waals surface area (Å²) < 4.78 is 0. The topological polar surface area (TPSA) is 6.48 Å². The Labute approximate surface area is 76.5 Å². The molecule has 1 aliphatic heterocycles. The predicted octanol–water partition coefficient (Wildman–Crippen LogP) is 1.42. The molecule has 1 heterocycles. The lowest BCUT2D eigenvalue weighted by Crippen LogP contribution is -2.27. The lowest BCUT2D eigenvalue weighted by Gasteiger charge is -2.22. The molecule has 2 heteroatoms. The molecule has 0 radical (unpaired) electrons. The Hall–Kier alpha value is -0.0800. The monoisotopic (exact) mass is 172 g/mol. The van der Waals surface area contributed by atoms with E-state index in [1.165, 1.54) is 51.9 Å². The van der Waals surface area contributed by atoms with Gasteiger partial charge in [-0.3, -0.25) is 0 Å². The first-order valence-electron chi connectivity index (χ1n) is 5.16. The van der Waals surface area contributed by atoms with Gasteiger partial charge in [0.1, 0.15) is 0 Å². The van der Waals surface area contributed by atoms with Gasteiger partial charge >= 0.3 is 0 Å². The third-order valence-electron chi connectivity index (χ3n) is 2.66. The van der Waals surface area contributed by atoms with Crippen molar-refractivity contribution in [1.29, 1.82) is 0 Å². The Morgan fingerprint density at radius 3 is 1.08 bits per heavy atom. The van der Waals surface area contributed by atoms with E-state index in [1.807, 2.05) is 0 Å². The van der Waals surface area contributed by atoms with E-state index in [0.717, 1.165) is 0 Å². The average Bonchev–Trinajstić information content (AvgIpc) is 2.06. The fraction of sp³-hybridized carbons (Fsp3) is 1.00. The maximum Gasteiger partial charge on any atom is -0.00213 e. The number of hydrogen-bond acceptors (Lipinski definition) is 2. The molecule has 0 saturated carbocycles. The van der Waals surface area contributed by atoms with Gasteiger partial charge < -0.3 is 9.80 Å². The quantitative estimate of drug-likeness (QED) is 0.510. The Bertz CT molecular complexity index is 88.4. The van der Waals surface area contributed by atoms with E-state index in [2.05, 4.69) is 23.9 Å². The molecule has 0 bridgehead atoms. The Balaban J connectivity index is 2.20. The second-order valence-corrected chi connectivity index (χ2v) is 4.02. The van der Waals surface area contributed by atoms with Crippen molar-refractivity contribution in [2.45, 2.75) is 25.7 Å². The first-order chi connectivity index (χ1) is 5.79. The summed E-state index contributed by atoms with van der Waals surface area (Å²) in [5, 5.41) is 0. The summed E-state index contributed by atoms with van der Waals surface area (Å²) in [4.78, 5) is 4.93. The number of hydrogen-bond donors (Lipinski definition) is 0. The normalized spacial score (nSPS) is 25.5. The fourth-order valence-electron chi connectivity index (χ4n) is 1.75. The van der Waals surface area contributed by atoms with Crippen LogP contribution in [-0.4, -0.2) is 50.1 Å². The van der Waals surface area contributed by atoms with Crippen LogP contribution < -0.4 is 0 Å². The van der Waals surface area contributed by atoms with Crippen molar-refractivity contribution in [2.75, 3.05) is 40.3 Å². The zero-order valence-electron chi connectivity index (χ0n) is 8.55. The Morgan fingerprint density at radius 1 is 0.583 bits per heavy atom. The highest BCUT2D eigenvalue weighted by Gasteiger charge is 2.03. The van der Waals surface area contributed by atoms with E-state index in [9.17, 15) is 0 Å². The summed E-state index contributed by atoms with van der Waals surface area (Å²) >= 11 is 0. The molecule has 1 aliphatic rings. The van der Waals surface area contributed by atoms with E-state index >= 15 is 0 Å². The molecule has 0 N–H and O–H groups in total. The van der Waals surface area contributed by atoms with E-state index in [-0.39, 0.29) is 0 Å². The SMILES string of the molecule is C[15N]1CCCC[15N](C)CCCC1. The summed E-state index contributed by atoms with van der Waals surface area (Å²) in [6.45, 7) is 5.14. The highest BCUT2D eigenvalue weighted by molar-refractivity contribution is 4.59. The third kappa shape index (κ3) is 4.07. The number of nitrogens with zero attached hydrogens (tertiary/aromatic N) is 2. The van der Waals surface area contributed by atoms with Crippen molar-refractivity contribution in [3.63, 3.8) is 0 Å². The molecule has 1 saturated heterocycles. The Morgan fingerprint density at radius 2 is 0.833 bits per heavy atom. The van der Waals surface area contributed by atoms with Crippen molar-refractivity contribution < 1.29 is 0 Å². The predicted molar refractivity (Wildman–Crippen MR) is 53.5 cm³/mol. The van der Waals surface area contributed by atoms with E-state index in [4.69, 9.17) is 0 Å². The molecule has 1 rings (SSSR count). The van der Waals surface area contributed by atoms with Gasteiger partial charge in [0.15, 0.2) is 0 Å². The molecule has 2 nitrogen and oxygen atoms in total. The molecule has 0 aromatic rings. The minimum absolute atomic E-state index is 1.29. The summed E-state index contributed by atoms with van der Waals surface area (Å²) in [5.41, 5.74) is 0. The van der Waals surface area contributed by atoms with Gasteiger partial charge in [-0.1, -0.05) is 0 Å². The first kappa shape index (κ1) is 10.0. The van der Waals surface area contributed by atoms with Crippen LogP contribution in [0.2, 0.25) is 0 Å². The van der Waals surface area contributed by atoms with Crippen molar-refractivity contribution in [3.05, 3.63) is 0 Å². The fourth-order valence-corrected chi connectivity index (χ4v) is 1.75. The molecule has 72 valence electrons. The molecule has 0 atom stereocenters. The van der Waals surface area contributed by atoms with Gasteiger partial charge in [-0.2, -0.15) is 0 Å². The maximum absolute atomic E-state index is 2.46. The van der Waals surface area contributed by atoms with Gasteiger partial charge in [-0.05, 0) is 66.0 Å². The van der Waals surface area contributed by atoms with Gasteiger partial charge in [0, 0.05) is 0 Å². The minimum atomic E-state index is 1.29. The molecule has 0 aliphatic carbocycles. The number of rotatable bonds is 0. The summed E-state index contributed by atoms with van der Waals surface area (Å²) in [6.07, 6.45) is 5.45. The van der Waals surface area contributed by atoms with E-state index in [1.54, 1.807) is 0 Å². The summed E-state index contributed by atoms with van der Waals surface area (Å²) in [6, 6.07) is 0. The van der Waals surface area contributed by atoms with Crippen molar-refractivity contribution in [2.24, 2.45) is 0 Å². The zero-order chi connectivity index (χ0) is 8.81. The van der Waals surface area contributed by atoms with Crippen LogP contribution >= 0.6 is 0 Å². The van der Waals surface area contributed by atoms with Crippen LogP contribution in [0.15, 0.2) is 0 Å². The van der Waals surface area contributed by atoms with Crippen molar-refractivity contribution in [1.82, 2.24) is 9.80 Å². The average molecular weight is 172 g/mol. The molecular formula is C10H22N2. The summed E-state index contributed by atoms with van der Waals surface area (Å²) in [7, 11) is 4.48. The molecule has 0 spiro atoms. The molecule has 0 unspecified atom stereocenters. The van der Waals surface area contributed by atoms with Gasteiger partial charge in [-0.15, -0.1) is 0 Å². The molecule has 0 aromatic heterocycles. The molecule has 12 heavy (non-hydrogen) atoms. The van der Waals surface area contributed by atoms with Crippen LogP contribution in [0.3, 0.4) is 0 Å². The first-order valence-corrected chi connectivity index (χ1v) is 5.16. The van der Waals surface area contributed by atoms with E-state index < -0.39 is 0 Å². The lowest BCUT2D eigenvalue weighted by molar-refractivity contribution is 0.258. The molecular weight excluding hydrogens is 150 g/mol. The van der Waals surface area contributed by atoms with Gasteiger partial charge in [-0.25, -0.2) is 0 Å². The second-order valence-electron chi connectivity index (χ2n) is 4.02. The van der Waals surface area contributed by atoms with Crippen LogP contribution in [0, 0.1) is 0 Å². The van der Waals surface area contributed by atoms with Crippen LogP contribution in [-0.2, 0) is 0 Å². The smallest absolute Gasteiger partial charge is 0.00213 e. The van der Waals surface area contributed by atoms with Crippen LogP contribution in [0.25, 0.3) is 0 Å². The van der Waals surface area contributed by atoms with Crippen LogP contribution in [0.5, 0.6) is 0 Å². The van der Waals surface area contributed by atoms with Gasteiger partial charge in [0.05, 0.1) is 0 Å². The molecule has 0 amide bonds. The standard InChI is InChI=1S/C10H22N2/c1-11-7-3-5-9-12(2)10-6-4-8-11/h3-10H2,1-2H3/i11+1,12+1. The van der Waals surface area contributed by atoms with Gasteiger partial charge in [0.2, 0.25) is 0 Å². The molecule has 1 fully saturated rings. The highest BCUT2D eigenvalue weighted by atomic mass is 15.8. The van der Waals surface area contributed by atoms with Crippen LogP contribution in [0.1, 0.15) is 25.7 Å². The highest BCUT2D eigenvalue weighted by Crippen LogP contribution is 2.02. The minimum Gasteiger partial charge on any atom is -0.306 e. The molecule has 0 aromatic carbocycles. The van der Waals surface area contributed by atoms with Crippen LogP contribution in [0.4, 0.5) is 0 Å². The van der Waals surface area contributed by atoms with E-state index in [0.29, 0.717) is 0 Å². The maximum atomic E-state index is 2.46. The third-order valence-corrected chi connectivity index (χ3v) is 2.66. The Kier molecular flexibility index (Phi) is 4.62. The second kappa shape index (κ2) is 5.55. The van der Waals surface area contributed by atoms with Crippen molar-refractivity contribution in [3.8, 4) is 0 Å².